The van der Waals surface area contributed by atoms with Crippen LogP contribution in [-0.2, 0) is 0 Å². The van der Waals surface area contributed by atoms with Crippen LogP contribution in [0.15, 0.2) is 39.9 Å². The third-order valence-corrected chi connectivity index (χ3v) is 1.99. The molecule has 0 aliphatic carbocycles. The van der Waals surface area contributed by atoms with E-state index in [1.54, 1.807) is 6.21 Å². The van der Waals surface area contributed by atoms with E-state index in [0.29, 0.717) is 0 Å². The summed E-state index contributed by atoms with van der Waals surface area (Å²) in [5, 5.41) is 3.96. The Balaban J connectivity index is 2.61. The van der Waals surface area contributed by atoms with Gasteiger partial charge in [-0.15, -0.1) is 0 Å². The van der Waals surface area contributed by atoms with Gasteiger partial charge in [-0.2, -0.15) is 5.10 Å². The van der Waals surface area contributed by atoms with Crippen LogP contribution in [0.2, 0.25) is 0 Å². The molecule has 0 unspecified atom stereocenters. The summed E-state index contributed by atoms with van der Waals surface area (Å²) >= 11 is 7.95. The summed E-state index contributed by atoms with van der Waals surface area (Å²) in [6, 6.07) is 9.90. The minimum atomic E-state index is 0.145. The standard InChI is InChI=1S/C10H10BrN3S/c11-9(7-13-14-10(12)15)6-8-4-2-1-3-5-8/h1-7H,(H3,12,14,15)/b9-6-,13-7?. The highest BCUT2D eigenvalue weighted by Crippen LogP contribution is 2.09. The highest BCUT2D eigenvalue weighted by atomic mass is 79.9. The molecule has 15 heavy (non-hydrogen) atoms. The number of rotatable bonds is 3. The Labute approximate surface area is 102 Å². The van der Waals surface area contributed by atoms with Gasteiger partial charge in [0.15, 0.2) is 5.11 Å². The molecule has 0 radical (unpaired) electrons. The molecule has 3 N–H and O–H groups in total. The first kappa shape index (κ1) is 11.9. The van der Waals surface area contributed by atoms with Crippen LogP contribution in [0.5, 0.6) is 0 Å². The lowest BCUT2D eigenvalue weighted by Gasteiger charge is -1.94. The maximum atomic E-state index is 5.20. The van der Waals surface area contributed by atoms with Crippen molar-refractivity contribution in [3.63, 3.8) is 0 Å². The van der Waals surface area contributed by atoms with Gasteiger partial charge in [-0.3, -0.25) is 5.43 Å². The lowest BCUT2D eigenvalue weighted by Crippen LogP contribution is -2.23. The van der Waals surface area contributed by atoms with Crippen LogP contribution < -0.4 is 11.2 Å². The normalized spacial score (nSPS) is 11.7. The predicted molar refractivity (Wildman–Crippen MR) is 71.8 cm³/mol. The molecule has 78 valence electrons. The minimum absolute atomic E-state index is 0.145. The lowest BCUT2D eigenvalue weighted by atomic mass is 10.2. The minimum Gasteiger partial charge on any atom is -0.375 e. The van der Waals surface area contributed by atoms with Crippen molar-refractivity contribution in [3.8, 4) is 0 Å². The van der Waals surface area contributed by atoms with Gasteiger partial charge in [-0.05, 0) is 39.8 Å². The first-order chi connectivity index (χ1) is 7.18. The SMILES string of the molecule is NC(=S)NN=C/C(Br)=C/c1ccccc1. The Bertz CT molecular complexity index is 387. The summed E-state index contributed by atoms with van der Waals surface area (Å²) in [6.07, 6.45) is 3.52. The summed E-state index contributed by atoms with van der Waals surface area (Å²) < 4.78 is 0.831. The van der Waals surface area contributed by atoms with Crippen molar-refractivity contribution in [1.29, 1.82) is 0 Å². The van der Waals surface area contributed by atoms with Crippen LogP contribution in [-0.4, -0.2) is 11.3 Å². The average Bonchev–Trinajstić information content (AvgIpc) is 2.18. The summed E-state index contributed by atoms with van der Waals surface area (Å²) in [7, 11) is 0. The van der Waals surface area contributed by atoms with Crippen molar-refractivity contribution in [2.45, 2.75) is 0 Å². The Kier molecular flexibility index (Phi) is 5.00. The zero-order valence-corrected chi connectivity index (χ0v) is 10.3. The van der Waals surface area contributed by atoms with E-state index >= 15 is 0 Å². The molecule has 0 saturated carbocycles. The molecule has 5 heteroatoms. The van der Waals surface area contributed by atoms with E-state index in [2.05, 4.69) is 38.7 Å². The molecule has 0 heterocycles. The van der Waals surface area contributed by atoms with Crippen LogP contribution in [0.3, 0.4) is 0 Å². The van der Waals surface area contributed by atoms with Gasteiger partial charge in [-0.1, -0.05) is 30.3 Å². The van der Waals surface area contributed by atoms with Gasteiger partial charge >= 0.3 is 0 Å². The van der Waals surface area contributed by atoms with Gasteiger partial charge in [-0.25, -0.2) is 0 Å². The topological polar surface area (TPSA) is 50.4 Å². The molecule has 0 aromatic heterocycles. The molecular formula is C10H10BrN3S. The summed E-state index contributed by atoms with van der Waals surface area (Å²) in [5.74, 6) is 0. The molecule has 0 aliphatic heterocycles. The highest BCUT2D eigenvalue weighted by molar-refractivity contribution is 9.12. The fourth-order valence-corrected chi connectivity index (χ4v) is 1.32. The second-order valence-corrected chi connectivity index (χ2v) is 4.03. The maximum absolute atomic E-state index is 5.20. The van der Waals surface area contributed by atoms with E-state index < -0.39 is 0 Å². The molecule has 1 aromatic rings. The molecule has 0 fully saturated rings. The van der Waals surface area contributed by atoms with E-state index in [9.17, 15) is 0 Å². The Morgan fingerprint density at radius 1 is 1.40 bits per heavy atom. The van der Waals surface area contributed by atoms with Crippen LogP contribution in [0.25, 0.3) is 6.08 Å². The number of nitrogens with two attached hydrogens (primary N) is 1. The van der Waals surface area contributed by atoms with Gasteiger partial charge in [0.1, 0.15) is 0 Å². The van der Waals surface area contributed by atoms with Gasteiger partial charge in [0.25, 0.3) is 0 Å². The van der Waals surface area contributed by atoms with E-state index in [1.165, 1.54) is 0 Å². The average molecular weight is 284 g/mol. The third-order valence-electron chi connectivity index (χ3n) is 1.47. The number of thiocarbonyl (C=S) groups is 1. The molecule has 1 aromatic carbocycles. The molecule has 0 amide bonds. The number of allylic oxidation sites excluding steroid dienone is 1. The molecule has 0 bridgehead atoms. The third kappa shape index (κ3) is 5.29. The molecular weight excluding hydrogens is 274 g/mol. The zero-order valence-electron chi connectivity index (χ0n) is 7.85. The van der Waals surface area contributed by atoms with Crippen molar-refractivity contribution in [1.82, 2.24) is 5.43 Å². The fraction of sp³-hybridized carbons (Fsp3) is 0. The molecule has 0 spiro atoms. The highest BCUT2D eigenvalue weighted by Gasteiger charge is 1.88. The molecule has 0 atom stereocenters. The summed E-state index contributed by atoms with van der Waals surface area (Å²) in [6.45, 7) is 0. The second-order valence-electron chi connectivity index (χ2n) is 2.67. The van der Waals surface area contributed by atoms with E-state index in [1.807, 2.05) is 36.4 Å². The Morgan fingerprint density at radius 3 is 2.67 bits per heavy atom. The van der Waals surface area contributed by atoms with Crippen LogP contribution in [0.1, 0.15) is 5.56 Å². The monoisotopic (exact) mass is 283 g/mol. The van der Waals surface area contributed by atoms with Crippen molar-refractivity contribution >= 4 is 45.6 Å². The van der Waals surface area contributed by atoms with Crippen molar-refractivity contribution in [3.05, 3.63) is 40.4 Å². The zero-order chi connectivity index (χ0) is 11.1. The maximum Gasteiger partial charge on any atom is 0.184 e. The smallest absolute Gasteiger partial charge is 0.184 e. The molecule has 0 saturated heterocycles. The number of halogens is 1. The van der Waals surface area contributed by atoms with Gasteiger partial charge in [0.05, 0.1) is 6.21 Å². The summed E-state index contributed by atoms with van der Waals surface area (Å²) in [5.41, 5.74) is 8.76. The molecule has 3 nitrogen and oxygen atoms in total. The second kappa shape index (κ2) is 6.31. The first-order valence-corrected chi connectivity index (χ1v) is 5.39. The van der Waals surface area contributed by atoms with Crippen molar-refractivity contribution in [2.24, 2.45) is 10.8 Å². The van der Waals surface area contributed by atoms with Crippen molar-refractivity contribution < 1.29 is 0 Å². The van der Waals surface area contributed by atoms with Gasteiger partial charge < -0.3 is 5.73 Å². The summed E-state index contributed by atoms with van der Waals surface area (Å²) in [4.78, 5) is 0. The Morgan fingerprint density at radius 2 is 2.07 bits per heavy atom. The van der Waals surface area contributed by atoms with Crippen LogP contribution >= 0.6 is 28.1 Å². The van der Waals surface area contributed by atoms with Gasteiger partial charge in [0.2, 0.25) is 0 Å². The Hall–Kier alpha value is -1.20. The quantitative estimate of drug-likeness (QED) is 0.508. The van der Waals surface area contributed by atoms with Crippen molar-refractivity contribution in [2.75, 3.05) is 0 Å². The number of benzene rings is 1. The first-order valence-electron chi connectivity index (χ1n) is 4.19. The number of hydrogen-bond donors (Lipinski definition) is 2. The number of nitrogens with one attached hydrogen (secondary N) is 1. The van der Waals surface area contributed by atoms with E-state index in [-0.39, 0.29) is 5.11 Å². The molecule has 0 aliphatic rings. The lowest BCUT2D eigenvalue weighted by molar-refractivity contribution is 1.04. The number of hydrazone groups is 1. The number of nitrogens with zero attached hydrogens (tertiary/aromatic N) is 1. The fourth-order valence-electron chi connectivity index (χ4n) is 0.903. The number of hydrogen-bond acceptors (Lipinski definition) is 2. The largest absolute Gasteiger partial charge is 0.375 e. The van der Waals surface area contributed by atoms with Crippen LogP contribution in [0, 0.1) is 0 Å². The van der Waals surface area contributed by atoms with Gasteiger partial charge in [0, 0.05) is 4.48 Å². The molecule has 1 rings (SSSR count). The van der Waals surface area contributed by atoms with E-state index in [0.717, 1.165) is 10.0 Å². The van der Waals surface area contributed by atoms with E-state index in [4.69, 9.17) is 5.73 Å². The van der Waals surface area contributed by atoms with Crippen LogP contribution in [0.4, 0.5) is 0 Å². The predicted octanol–water partition coefficient (Wildman–Crippen LogP) is 2.24.